The topological polar surface area (TPSA) is 18.5 Å². The van der Waals surface area contributed by atoms with Gasteiger partial charge in [0, 0.05) is 12.3 Å². The van der Waals surface area contributed by atoms with Crippen molar-refractivity contribution >= 4 is 8.32 Å². The average molecular weight is 351 g/mol. The highest BCUT2D eigenvalue weighted by Crippen LogP contribution is 2.53. The molecule has 2 rings (SSSR count). The summed E-state index contributed by atoms with van der Waals surface area (Å²) in [5, 5.41) is 0.198. The molecular formula is C21H38O2Si. The van der Waals surface area contributed by atoms with E-state index in [1.807, 2.05) is 0 Å². The van der Waals surface area contributed by atoms with Gasteiger partial charge < -0.3 is 9.16 Å². The third-order valence-corrected chi connectivity index (χ3v) is 11.2. The minimum atomic E-state index is -2.29. The molecule has 0 N–H and O–H groups in total. The van der Waals surface area contributed by atoms with Crippen molar-refractivity contribution in [2.24, 2.45) is 5.92 Å². The van der Waals surface area contributed by atoms with Gasteiger partial charge >= 0.3 is 0 Å². The van der Waals surface area contributed by atoms with E-state index in [0.717, 1.165) is 13.0 Å². The quantitative estimate of drug-likeness (QED) is 0.360. The van der Waals surface area contributed by atoms with Crippen LogP contribution in [0.2, 0.25) is 10.1 Å². The van der Waals surface area contributed by atoms with E-state index in [2.05, 4.69) is 59.9 Å². The number of ether oxygens (including phenoxy) is 1. The molecule has 1 saturated heterocycles. The van der Waals surface area contributed by atoms with Crippen molar-refractivity contribution in [3.63, 3.8) is 0 Å². The normalized spacial score (nSPS) is 27.7. The lowest BCUT2D eigenvalue weighted by atomic mass is 9.81. The Bertz CT molecular complexity index is 461. The van der Waals surface area contributed by atoms with Crippen LogP contribution in [0.25, 0.3) is 0 Å². The lowest BCUT2D eigenvalue weighted by molar-refractivity contribution is -0.174. The molecule has 2 nitrogen and oxygen atoms in total. The van der Waals surface area contributed by atoms with E-state index in [0.29, 0.717) is 18.1 Å². The number of fused-ring (bicyclic) bond motifs is 1. The number of hydrogen-bond acceptors (Lipinski definition) is 2. The maximum absolute atomic E-state index is 7.11. The molecular weight excluding hydrogens is 312 g/mol. The Balaban J connectivity index is 2.31. The Morgan fingerprint density at radius 3 is 2.25 bits per heavy atom. The van der Waals surface area contributed by atoms with Gasteiger partial charge in [0.25, 0.3) is 8.32 Å². The van der Waals surface area contributed by atoms with Crippen LogP contribution in [0.3, 0.4) is 0 Å². The largest absolute Gasteiger partial charge is 0.401 e. The first-order chi connectivity index (χ1) is 11.1. The lowest BCUT2D eigenvalue weighted by Crippen LogP contribution is -2.60. The highest BCUT2D eigenvalue weighted by Gasteiger charge is 2.57. The van der Waals surface area contributed by atoms with Crippen molar-refractivity contribution < 1.29 is 9.16 Å². The Morgan fingerprint density at radius 2 is 1.75 bits per heavy atom. The van der Waals surface area contributed by atoms with Crippen LogP contribution in [0.1, 0.15) is 87.0 Å². The van der Waals surface area contributed by atoms with Crippen LogP contribution in [0.15, 0.2) is 0 Å². The van der Waals surface area contributed by atoms with Gasteiger partial charge in [-0.25, -0.2) is 0 Å². The summed E-state index contributed by atoms with van der Waals surface area (Å²) < 4.78 is 12.9. The van der Waals surface area contributed by atoms with Gasteiger partial charge in [-0.2, -0.15) is 0 Å². The first-order valence-corrected chi connectivity index (χ1v) is 11.8. The zero-order chi connectivity index (χ0) is 18.0. The molecule has 0 spiro atoms. The molecule has 3 atom stereocenters. The fourth-order valence-electron chi connectivity index (χ4n) is 4.43. The third-order valence-electron chi connectivity index (χ3n) is 5.80. The molecule has 0 aromatic rings. The number of unbranched alkanes of at least 4 members (excludes halogenated alkanes) is 2. The summed E-state index contributed by atoms with van der Waals surface area (Å²) in [6.45, 7) is 17.2. The zero-order valence-corrected chi connectivity index (χ0v) is 18.0. The molecule has 1 aliphatic heterocycles. The molecule has 1 heterocycles. The maximum atomic E-state index is 7.11. The molecule has 0 aromatic carbocycles. The monoisotopic (exact) mass is 350 g/mol. The molecule has 0 aromatic heterocycles. The molecule has 0 bridgehead atoms. The third kappa shape index (κ3) is 3.92. The van der Waals surface area contributed by atoms with Gasteiger partial charge in [-0.3, -0.25) is 0 Å². The van der Waals surface area contributed by atoms with Crippen LogP contribution < -0.4 is 0 Å². The Morgan fingerprint density at radius 1 is 1.08 bits per heavy atom. The van der Waals surface area contributed by atoms with Crippen LogP contribution in [0, 0.1) is 17.4 Å². The highest BCUT2D eigenvalue weighted by molar-refractivity contribution is 6.86. The molecule has 1 aliphatic carbocycles. The van der Waals surface area contributed by atoms with Gasteiger partial charge in [0.15, 0.2) is 0 Å². The zero-order valence-electron chi connectivity index (χ0n) is 17.0. The summed E-state index contributed by atoms with van der Waals surface area (Å²) in [5.74, 6) is 4.13. The fraction of sp³-hybridized carbons (Fsp3) is 0.905. The second-order valence-corrected chi connectivity index (χ2v) is 14.6. The molecule has 3 heteroatoms. The first kappa shape index (κ1) is 20.0. The van der Waals surface area contributed by atoms with E-state index in [-0.39, 0.29) is 10.1 Å². The summed E-state index contributed by atoms with van der Waals surface area (Å²) in [4.78, 5) is 0. The Hall–Kier alpha value is -0.303. The summed E-state index contributed by atoms with van der Waals surface area (Å²) in [6.07, 6.45) is 7.82. The predicted molar refractivity (Wildman–Crippen MR) is 104 cm³/mol. The number of hydrogen-bond donors (Lipinski definition) is 0. The Kier molecular flexibility index (Phi) is 6.27. The molecule has 138 valence electrons. The molecule has 2 fully saturated rings. The molecule has 0 amide bonds. The molecule has 1 saturated carbocycles. The summed E-state index contributed by atoms with van der Waals surface area (Å²) in [7, 11) is -2.29. The van der Waals surface area contributed by atoms with Gasteiger partial charge in [0.05, 0.1) is 18.8 Å². The minimum absolute atomic E-state index is 0.0992. The number of rotatable bonds is 4. The van der Waals surface area contributed by atoms with Gasteiger partial charge in [-0.1, -0.05) is 60.4 Å². The van der Waals surface area contributed by atoms with E-state index in [9.17, 15) is 0 Å². The molecule has 2 aliphatic rings. The van der Waals surface area contributed by atoms with E-state index in [1.54, 1.807) is 0 Å². The second kappa shape index (κ2) is 7.52. The first-order valence-electron chi connectivity index (χ1n) is 9.92. The fourth-order valence-corrected chi connectivity index (χ4v) is 9.32. The van der Waals surface area contributed by atoms with Crippen LogP contribution in [-0.2, 0) is 9.16 Å². The van der Waals surface area contributed by atoms with Gasteiger partial charge in [0.1, 0.15) is 0 Å². The van der Waals surface area contributed by atoms with Crippen molar-refractivity contribution in [1.29, 1.82) is 0 Å². The van der Waals surface area contributed by atoms with Crippen LogP contribution in [0.4, 0.5) is 0 Å². The summed E-state index contributed by atoms with van der Waals surface area (Å²) in [6, 6.07) is 0. The van der Waals surface area contributed by atoms with Crippen LogP contribution in [-0.4, -0.2) is 27.1 Å². The molecule has 24 heavy (non-hydrogen) atoms. The van der Waals surface area contributed by atoms with Crippen molar-refractivity contribution in [2.45, 2.75) is 109 Å². The Labute approximate surface area is 151 Å². The lowest BCUT2D eigenvalue weighted by Gasteiger charge is -2.53. The second-order valence-electron chi connectivity index (χ2n) is 9.71. The van der Waals surface area contributed by atoms with E-state index >= 15 is 0 Å². The summed E-state index contributed by atoms with van der Waals surface area (Å²) in [5.41, 5.74) is 3.78. The maximum Gasteiger partial charge on any atom is 0.282 e. The standard InChI is InChI=1S/C21H38O2Si/c1-8-9-10-11-15-24(20(2,3)4,21(5,6)7)23-19-14-12-13-18-17(19)16-22-18/h17-19H,8-10,12-14,16H2,1-7H3/t17-,18-,19-/m0/s1. The van der Waals surface area contributed by atoms with Crippen molar-refractivity contribution in [3.8, 4) is 11.5 Å². The SMILES string of the molecule is CCCCC#C[Si](O[C@H]1CCC[C@@H]2OC[C@@H]21)(C(C)(C)C)C(C)(C)C. The van der Waals surface area contributed by atoms with Crippen molar-refractivity contribution in [3.05, 3.63) is 0 Å². The van der Waals surface area contributed by atoms with Gasteiger partial charge in [-0.15, -0.1) is 5.92 Å². The molecule has 0 radical (unpaired) electrons. The van der Waals surface area contributed by atoms with Crippen molar-refractivity contribution in [1.82, 2.24) is 0 Å². The van der Waals surface area contributed by atoms with Gasteiger partial charge in [-0.05, 0) is 35.8 Å². The molecule has 0 unspecified atom stereocenters. The van der Waals surface area contributed by atoms with E-state index in [4.69, 9.17) is 9.16 Å². The van der Waals surface area contributed by atoms with E-state index in [1.165, 1.54) is 32.1 Å². The predicted octanol–water partition coefficient (Wildman–Crippen LogP) is 5.85. The summed E-state index contributed by atoms with van der Waals surface area (Å²) >= 11 is 0. The van der Waals surface area contributed by atoms with Gasteiger partial charge in [0.2, 0.25) is 0 Å². The minimum Gasteiger partial charge on any atom is -0.401 e. The smallest absolute Gasteiger partial charge is 0.282 e. The van der Waals surface area contributed by atoms with Crippen LogP contribution >= 0.6 is 0 Å². The highest BCUT2D eigenvalue weighted by atomic mass is 28.4. The van der Waals surface area contributed by atoms with Crippen LogP contribution in [0.5, 0.6) is 0 Å². The van der Waals surface area contributed by atoms with Crippen molar-refractivity contribution in [2.75, 3.05) is 6.61 Å². The van der Waals surface area contributed by atoms with E-state index < -0.39 is 8.32 Å². The average Bonchev–Trinajstić information content (AvgIpc) is 2.41.